The lowest BCUT2D eigenvalue weighted by Crippen LogP contribution is -2.11. The molecule has 0 heterocycles. The molecule has 0 saturated carbocycles. The maximum Gasteiger partial charge on any atom is 0.339 e. The molecule has 0 aliphatic heterocycles. The van der Waals surface area contributed by atoms with E-state index in [-0.39, 0.29) is 21.4 Å². The second kappa shape index (κ2) is 9.51. The van der Waals surface area contributed by atoms with E-state index in [4.69, 9.17) is 32.1 Å². The molecule has 3 aromatic carbocycles. The summed E-state index contributed by atoms with van der Waals surface area (Å²) in [7, 11) is -4.12. The number of aryl methyl sites for hydroxylation is 1. The summed E-state index contributed by atoms with van der Waals surface area (Å²) in [5.74, 6) is 0.119. The van der Waals surface area contributed by atoms with Crippen LogP contribution in [0.2, 0.25) is 10.0 Å². The Morgan fingerprint density at radius 1 is 1.00 bits per heavy atom. The molecule has 0 aliphatic rings. The zero-order valence-electron chi connectivity index (χ0n) is 16.3. The molecule has 3 aromatic rings. The average molecular weight is 464 g/mol. The van der Waals surface area contributed by atoms with Crippen LogP contribution in [-0.4, -0.2) is 21.2 Å². The number of ether oxygens (including phenoxy) is 1. The molecule has 156 valence electrons. The minimum Gasteiger partial charge on any atom is -0.490 e. The van der Waals surface area contributed by atoms with Gasteiger partial charge in [-0.25, -0.2) is 0 Å². The summed E-state index contributed by atoms with van der Waals surface area (Å²) in [6.45, 7) is 4.07. The van der Waals surface area contributed by atoms with Gasteiger partial charge in [0, 0.05) is 11.2 Å². The van der Waals surface area contributed by atoms with E-state index < -0.39 is 10.1 Å². The summed E-state index contributed by atoms with van der Waals surface area (Å²) in [5.41, 5.74) is 2.56. The highest BCUT2D eigenvalue weighted by Gasteiger charge is 2.22. The Hall–Kier alpha value is -2.54. The minimum absolute atomic E-state index is 0.0459. The van der Waals surface area contributed by atoms with Crippen molar-refractivity contribution < 1.29 is 17.3 Å². The molecule has 3 rings (SSSR count). The molecule has 0 bridgehead atoms. The third-order valence-corrected chi connectivity index (χ3v) is 5.79. The normalized spacial score (nSPS) is 11.6. The van der Waals surface area contributed by atoms with Gasteiger partial charge in [0.2, 0.25) is 5.75 Å². The maximum atomic E-state index is 12.6. The van der Waals surface area contributed by atoms with E-state index in [0.717, 1.165) is 11.3 Å². The molecule has 0 saturated heterocycles. The van der Waals surface area contributed by atoms with Crippen LogP contribution in [-0.2, 0) is 10.1 Å². The van der Waals surface area contributed by atoms with Crippen LogP contribution in [0.25, 0.3) is 0 Å². The van der Waals surface area contributed by atoms with Crippen molar-refractivity contribution in [1.29, 1.82) is 0 Å². The smallest absolute Gasteiger partial charge is 0.339 e. The van der Waals surface area contributed by atoms with Crippen molar-refractivity contribution in [3.05, 3.63) is 81.8 Å². The Morgan fingerprint density at radius 2 is 1.67 bits per heavy atom. The number of benzene rings is 3. The van der Waals surface area contributed by atoms with E-state index >= 15 is 0 Å². The molecule has 0 atom stereocenters. The van der Waals surface area contributed by atoms with Crippen LogP contribution >= 0.6 is 23.2 Å². The number of halogens is 2. The molecule has 0 unspecified atom stereocenters. The van der Waals surface area contributed by atoms with Crippen LogP contribution in [0, 0.1) is 6.92 Å². The van der Waals surface area contributed by atoms with Crippen LogP contribution in [0.3, 0.4) is 0 Å². The Kier molecular flexibility index (Phi) is 7.02. The summed E-state index contributed by atoms with van der Waals surface area (Å²) < 4.78 is 36.1. The first-order chi connectivity index (χ1) is 14.3. The number of nitrogens with zero attached hydrogens (tertiary/aromatic N) is 1. The maximum absolute atomic E-state index is 12.6. The van der Waals surface area contributed by atoms with Crippen LogP contribution in [0.1, 0.15) is 18.1 Å². The van der Waals surface area contributed by atoms with E-state index in [1.165, 1.54) is 24.3 Å². The lowest BCUT2D eigenvalue weighted by Gasteiger charge is -2.14. The fourth-order valence-corrected chi connectivity index (χ4v) is 3.93. The van der Waals surface area contributed by atoms with Gasteiger partial charge in [-0.3, -0.25) is 4.99 Å². The van der Waals surface area contributed by atoms with Gasteiger partial charge >= 0.3 is 10.1 Å². The highest BCUT2D eigenvalue weighted by atomic mass is 35.5. The van der Waals surface area contributed by atoms with Crippen molar-refractivity contribution in [2.45, 2.75) is 18.7 Å². The standard InChI is InChI=1S/C22H19Cl2NO4S/c1-3-28-21-13-16(14-25-18-8-4-15(2)5-9-18)12-20(24)22(21)29-30(26,27)19-10-6-17(23)7-11-19/h4-14H,3H2,1-2H3. The summed E-state index contributed by atoms with van der Waals surface area (Å²) in [5, 5.41) is 0.503. The summed E-state index contributed by atoms with van der Waals surface area (Å²) in [6.07, 6.45) is 1.62. The lowest BCUT2D eigenvalue weighted by molar-refractivity contribution is 0.327. The van der Waals surface area contributed by atoms with E-state index in [2.05, 4.69) is 4.99 Å². The number of rotatable bonds is 7. The zero-order chi connectivity index (χ0) is 21.7. The van der Waals surface area contributed by atoms with Gasteiger partial charge in [-0.2, -0.15) is 8.42 Å². The minimum atomic E-state index is -4.12. The first-order valence-corrected chi connectivity index (χ1v) is 11.2. The first kappa shape index (κ1) is 22.2. The highest BCUT2D eigenvalue weighted by Crippen LogP contribution is 2.38. The summed E-state index contributed by atoms with van der Waals surface area (Å²) in [4.78, 5) is 4.36. The van der Waals surface area contributed by atoms with Crippen molar-refractivity contribution in [2.24, 2.45) is 4.99 Å². The number of hydrogen-bond acceptors (Lipinski definition) is 5. The molecule has 0 amide bonds. The number of aliphatic imine (C=N–C) groups is 1. The Bertz CT molecular complexity index is 1160. The monoisotopic (exact) mass is 463 g/mol. The molecule has 0 radical (unpaired) electrons. The van der Waals surface area contributed by atoms with Gasteiger partial charge < -0.3 is 8.92 Å². The van der Waals surface area contributed by atoms with Crippen molar-refractivity contribution in [1.82, 2.24) is 0 Å². The molecular formula is C22H19Cl2NO4S. The molecule has 5 nitrogen and oxygen atoms in total. The largest absolute Gasteiger partial charge is 0.490 e. The fourth-order valence-electron chi connectivity index (χ4n) is 2.55. The molecule has 8 heteroatoms. The highest BCUT2D eigenvalue weighted by molar-refractivity contribution is 7.87. The van der Waals surface area contributed by atoms with E-state index in [9.17, 15) is 8.42 Å². The van der Waals surface area contributed by atoms with E-state index in [1.54, 1.807) is 25.3 Å². The Labute approximate surface area is 186 Å². The second-order valence-electron chi connectivity index (χ2n) is 6.35. The molecule has 0 spiro atoms. The Balaban J connectivity index is 1.93. The van der Waals surface area contributed by atoms with Gasteiger partial charge in [-0.15, -0.1) is 0 Å². The van der Waals surface area contributed by atoms with Gasteiger partial charge in [0.05, 0.1) is 17.3 Å². The van der Waals surface area contributed by atoms with E-state index in [0.29, 0.717) is 17.2 Å². The molecule has 0 fully saturated rings. The average Bonchev–Trinajstić information content (AvgIpc) is 2.70. The predicted octanol–water partition coefficient (Wildman–Crippen LogP) is 6.22. The van der Waals surface area contributed by atoms with Crippen LogP contribution in [0.4, 0.5) is 5.69 Å². The lowest BCUT2D eigenvalue weighted by atomic mass is 10.2. The molecular weight excluding hydrogens is 445 g/mol. The summed E-state index contributed by atoms with van der Waals surface area (Å²) in [6, 6.07) is 16.5. The third kappa shape index (κ3) is 5.53. The predicted molar refractivity (Wildman–Crippen MR) is 120 cm³/mol. The third-order valence-electron chi connectivity index (χ3n) is 4.02. The molecule has 30 heavy (non-hydrogen) atoms. The van der Waals surface area contributed by atoms with E-state index in [1.807, 2.05) is 31.2 Å². The van der Waals surface area contributed by atoms with Crippen molar-refractivity contribution >= 4 is 45.2 Å². The van der Waals surface area contributed by atoms with Gasteiger partial charge in [0.1, 0.15) is 4.90 Å². The van der Waals surface area contributed by atoms with Gasteiger partial charge in [0.15, 0.2) is 5.75 Å². The molecule has 0 aromatic heterocycles. The van der Waals surface area contributed by atoms with Gasteiger partial charge in [-0.1, -0.05) is 40.9 Å². The molecule has 0 aliphatic carbocycles. The van der Waals surface area contributed by atoms with Crippen LogP contribution < -0.4 is 8.92 Å². The Morgan fingerprint density at radius 3 is 2.30 bits per heavy atom. The number of hydrogen-bond donors (Lipinski definition) is 0. The topological polar surface area (TPSA) is 65.0 Å². The van der Waals surface area contributed by atoms with Crippen molar-refractivity contribution in [3.8, 4) is 11.5 Å². The second-order valence-corrected chi connectivity index (χ2v) is 8.74. The molecule has 0 N–H and O–H groups in total. The van der Waals surface area contributed by atoms with Crippen LogP contribution in [0.15, 0.2) is 70.6 Å². The zero-order valence-corrected chi connectivity index (χ0v) is 18.6. The van der Waals surface area contributed by atoms with Crippen molar-refractivity contribution in [2.75, 3.05) is 6.61 Å². The quantitative estimate of drug-likeness (QED) is 0.308. The van der Waals surface area contributed by atoms with Gasteiger partial charge in [-0.05, 0) is 67.9 Å². The first-order valence-electron chi connectivity index (χ1n) is 9.05. The SMILES string of the molecule is CCOc1cc(C=Nc2ccc(C)cc2)cc(Cl)c1OS(=O)(=O)c1ccc(Cl)cc1. The summed E-state index contributed by atoms with van der Waals surface area (Å²) >= 11 is 12.2. The van der Waals surface area contributed by atoms with Crippen molar-refractivity contribution in [3.63, 3.8) is 0 Å². The van der Waals surface area contributed by atoms with Crippen LogP contribution in [0.5, 0.6) is 11.5 Å². The van der Waals surface area contributed by atoms with Gasteiger partial charge in [0.25, 0.3) is 0 Å². The fraction of sp³-hybridized carbons (Fsp3) is 0.136.